The van der Waals surface area contributed by atoms with E-state index < -0.39 is 12.1 Å². The molecular formula is C18H27N3O2. The minimum Gasteiger partial charge on any atom is -0.352 e. The predicted octanol–water partition coefficient (Wildman–Crippen LogP) is 2.16. The standard InChI is InChI=1S/C18H27N3O2/c1-13(2)16(20-18(19)23)17(22)21-10-8-15(9-11-21)12-14-6-4-3-5-7-14/h3-7,13,15-16H,8-12H2,1-2H3,(H3,19,20,23). The molecule has 0 bridgehead atoms. The molecular weight excluding hydrogens is 290 g/mol. The quantitative estimate of drug-likeness (QED) is 0.873. The van der Waals surface area contributed by atoms with Crippen molar-refractivity contribution in [2.45, 2.75) is 39.2 Å². The van der Waals surface area contributed by atoms with E-state index in [9.17, 15) is 9.59 Å². The third-order valence-corrected chi connectivity index (χ3v) is 4.52. The Hall–Kier alpha value is -2.04. The van der Waals surface area contributed by atoms with Crippen LogP contribution < -0.4 is 11.1 Å². The molecule has 1 saturated heterocycles. The van der Waals surface area contributed by atoms with Crippen LogP contribution in [0.2, 0.25) is 0 Å². The first-order valence-corrected chi connectivity index (χ1v) is 8.36. The lowest BCUT2D eigenvalue weighted by Gasteiger charge is -2.35. The maximum Gasteiger partial charge on any atom is 0.312 e. The average molecular weight is 317 g/mol. The molecule has 0 aliphatic carbocycles. The fraction of sp³-hybridized carbons (Fsp3) is 0.556. The molecule has 0 saturated carbocycles. The monoisotopic (exact) mass is 317 g/mol. The van der Waals surface area contributed by atoms with Gasteiger partial charge in [-0.1, -0.05) is 44.2 Å². The molecule has 1 aliphatic rings. The van der Waals surface area contributed by atoms with E-state index in [-0.39, 0.29) is 11.8 Å². The highest BCUT2D eigenvalue weighted by Crippen LogP contribution is 2.22. The van der Waals surface area contributed by atoms with Crippen molar-refractivity contribution in [1.29, 1.82) is 0 Å². The van der Waals surface area contributed by atoms with Crippen molar-refractivity contribution in [3.05, 3.63) is 35.9 Å². The summed E-state index contributed by atoms with van der Waals surface area (Å²) in [4.78, 5) is 25.6. The van der Waals surface area contributed by atoms with Gasteiger partial charge in [-0.15, -0.1) is 0 Å². The van der Waals surface area contributed by atoms with E-state index in [1.807, 2.05) is 24.8 Å². The molecule has 5 nitrogen and oxygen atoms in total. The van der Waals surface area contributed by atoms with Crippen LogP contribution in [0.1, 0.15) is 32.3 Å². The highest BCUT2D eigenvalue weighted by molar-refractivity contribution is 5.86. The molecule has 0 spiro atoms. The summed E-state index contributed by atoms with van der Waals surface area (Å²) in [5.41, 5.74) is 6.54. The van der Waals surface area contributed by atoms with Crippen LogP contribution in [0.25, 0.3) is 0 Å². The van der Waals surface area contributed by atoms with Gasteiger partial charge in [0, 0.05) is 13.1 Å². The second-order valence-corrected chi connectivity index (χ2v) is 6.69. The molecule has 126 valence electrons. The summed E-state index contributed by atoms with van der Waals surface area (Å²) < 4.78 is 0. The lowest BCUT2D eigenvalue weighted by molar-refractivity contribution is -0.135. The Morgan fingerprint density at radius 3 is 2.35 bits per heavy atom. The van der Waals surface area contributed by atoms with E-state index in [1.165, 1.54) is 5.56 Å². The zero-order valence-electron chi connectivity index (χ0n) is 14.0. The number of primary amides is 1. The summed E-state index contributed by atoms with van der Waals surface area (Å²) in [6.07, 6.45) is 3.07. The maximum absolute atomic E-state index is 12.6. The number of likely N-dealkylation sites (tertiary alicyclic amines) is 1. The summed E-state index contributed by atoms with van der Waals surface area (Å²) in [5.74, 6) is 0.622. The van der Waals surface area contributed by atoms with E-state index in [0.717, 1.165) is 32.4 Å². The Kier molecular flexibility index (Phi) is 6.02. The zero-order valence-corrected chi connectivity index (χ0v) is 14.0. The Labute approximate surface area is 138 Å². The molecule has 3 amide bonds. The van der Waals surface area contributed by atoms with Gasteiger partial charge < -0.3 is 16.0 Å². The average Bonchev–Trinajstić information content (AvgIpc) is 2.53. The molecule has 5 heteroatoms. The molecule has 1 unspecified atom stereocenters. The van der Waals surface area contributed by atoms with Crippen molar-refractivity contribution in [3.8, 4) is 0 Å². The van der Waals surface area contributed by atoms with Crippen molar-refractivity contribution >= 4 is 11.9 Å². The Balaban J connectivity index is 1.87. The number of nitrogens with two attached hydrogens (primary N) is 1. The Morgan fingerprint density at radius 2 is 1.83 bits per heavy atom. The summed E-state index contributed by atoms with van der Waals surface area (Å²) in [6.45, 7) is 5.33. The fourth-order valence-electron chi connectivity index (χ4n) is 3.17. The maximum atomic E-state index is 12.6. The third-order valence-electron chi connectivity index (χ3n) is 4.52. The topological polar surface area (TPSA) is 75.4 Å². The van der Waals surface area contributed by atoms with Gasteiger partial charge in [-0.3, -0.25) is 4.79 Å². The summed E-state index contributed by atoms with van der Waals surface area (Å²) in [6, 6.07) is 9.30. The largest absolute Gasteiger partial charge is 0.352 e. The molecule has 0 aromatic heterocycles. The van der Waals surface area contributed by atoms with Crippen LogP contribution in [0.3, 0.4) is 0 Å². The van der Waals surface area contributed by atoms with Crippen LogP contribution in [-0.2, 0) is 11.2 Å². The van der Waals surface area contributed by atoms with Crippen LogP contribution in [0.5, 0.6) is 0 Å². The number of amides is 3. The number of piperidine rings is 1. The second kappa shape index (κ2) is 7.99. The number of carbonyl (C=O) groups is 2. The van der Waals surface area contributed by atoms with Gasteiger partial charge in [0.2, 0.25) is 5.91 Å². The van der Waals surface area contributed by atoms with Crippen molar-refractivity contribution in [2.75, 3.05) is 13.1 Å². The van der Waals surface area contributed by atoms with Crippen LogP contribution in [0.15, 0.2) is 30.3 Å². The Bertz CT molecular complexity index is 522. The molecule has 2 rings (SSSR count). The van der Waals surface area contributed by atoms with E-state index in [1.54, 1.807) is 0 Å². The SMILES string of the molecule is CC(C)C(NC(N)=O)C(=O)N1CCC(Cc2ccccc2)CC1. The molecule has 23 heavy (non-hydrogen) atoms. The van der Waals surface area contributed by atoms with Crippen molar-refractivity contribution in [1.82, 2.24) is 10.2 Å². The van der Waals surface area contributed by atoms with Gasteiger partial charge in [-0.2, -0.15) is 0 Å². The van der Waals surface area contributed by atoms with Crippen molar-refractivity contribution < 1.29 is 9.59 Å². The van der Waals surface area contributed by atoms with Crippen LogP contribution >= 0.6 is 0 Å². The van der Waals surface area contributed by atoms with Gasteiger partial charge in [0.05, 0.1) is 0 Å². The normalized spacial score (nSPS) is 17.1. The van der Waals surface area contributed by atoms with Gasteiger partial charge in [-0.05, 0) is 36.7 Å². The molecule has 1 aromatic carbocycles. The highest BCUT2D eigenvalue weighted by atomic mass is 16.2. The lowest BCUT2D eigenvalue weighted by Crippen LogP contribution is -2.54. The number of rotatable bonds is 5. The third kappa shape index (κ3) is 4.98. The number of benzene rings is 1. The number of nitrogens with zero attached hydrogens (tertiary/aromatic N) is 1. The second-order valence-electron chi connectivity index (χ2n) is 6.69. The van der Waals surface area contributed by atoms with Gasteiger partial charge in [-0.25, -0.2) is 4.79 Å². The number of hydrogen-bond donors (Lipinski definition) is 2. The molecule has 1 aliphatic heterocycles. The number of hydrogen-bond acceptors (Lipinski definition) is 2. The van der Waals surface area contributed by atoms with Gasteiger partial charge in [0.15, 0.2) is 0 Å². The molecule has 1 aromatic rings. The van der Waals surface area contributed by atoms with Crippen LogP contribution in [0.4, 0.5) is 4.79 Å². The number of urea groups is 1. The first-order valence-electron chi connectivity index (χ1n) is 8.36. The van der Waals surface area contributed by atoms with Crippen molar-refractivity contribution in [2.24, 2.45) is 17.6 Å². The summed E-state index contributed by atoms with van der Waals surface area (Å²) >= 11 is 0. The van der Waals surface area contributed by atoms with Crippen LogP contribution in [-0.4, -0.2) is 36.0 Å². The summed E-state index contributed by atoms with van der Waals surface area (Å²) in [7, 11) is 0. The molecule has 1 fully saturated rings. The molecule has 3 N–H and O–H groups in total. The van der Waals surface area contributed by atoms with Gasteiger partial charge >= 0.3 is 6.03 Å². The predicted molar refractivity (Wildman–Crippen MR) is 90.8 cm³/mol. The van der Waals surface area contributed by atoms with Gasteiger partial charge in [0.1, 0.15) is 6.04 Å². The first kappa shape index (κ1) is 17.3. The van der Waals surface area contributed by atoms with Gasteiger partial charge in [0.25, 0.3) is 0 Å². The molecule has 0 radical (unpaired) electrons. The van der Waals surface area contributed by atoms with E-state index in [2.05, 4.69) is 29.6 Å². The minimum absolute atomic E-state index is 0.0167. The van der Waals surface area contributed by atoms with E-state index >= 15 is 0 Å². The fourth-order valence-corrected chi connectivity index (χ4v) is 3.17. The smallest absolute Gasteiger partial charge is 0.312 e. The first-order chi connectivity index (χ1) is 11.0. The molecule has 1 heterocycles. The van der Waals surface area contributed by atoms with E-state index in [4.69, 9.17) is 5.73 Å². The minimum atomic E-state index is -0.643. The lowest BCUT2D eigenvalue weighted by atomic mass is 9.89. The summed E-state index contributed by atoms with van der Waals surface area (Å²) in [5, 5.41) is 2.58. The highest BCUT2D eigenvalue weighted by Gasteiger charge is 2.30. The van der Waals surface area contributed by atoms with E-state index in [0.29, 0.717) is 5.92 Å². The zero-order chi connectivity index (χ0) is 16.8. The van der Waals surface area contributed by atoms with Crippen LogP contribution in [0, 0.1) is 11.8 Å². The molecule has 1 atom stereocenters. The van der Waals surface area contributed by atoms with Crippen molar-refractivity contribution in [3.63, 3.8) is 0 Å². The number of carbonyl (C=O) groups excluding carboxylic acids is 2. The Morgan fingerprint density at radius 1 is 1.22 bits per heavy atom. The number of nitrogens with one attached hydrogen (secondary N) is 1.